The summed E-state index contributed by atoms with van der Waals surface area (Å²) >= 11 is 0. The molecule has 116 valence electrons. The number of rotatable bonds is 10. The Labute approximate surface area is 124 Å². The first-order chi connectivity index (χ1) is 9.66. The van der Waals surface area contributed by atoms with E-state index in [1.807, 2.05) is 0 Å². The maximum atomic E-state index is 8.89. The Bertz CT molecular complexity index is 269. The first-order valence-electron chi connectivity index (χ1n) is 8.05. The van der Waals surface area contributed by atoms with Crippen LogP contribution in [0.2, 0.25) is 0 Å². The summed E-state index contributed by atoms with van der Waals surface area (Å²) in [6.45, 7) is 4.53. The maximum absolute atomic E-state index is 8.89. The van der Waals surface area contributed by atoms with Crippen LogP contribution >= 0.6 is 0 Å². The number of unbranched alkanes of at least 4 members (excludes halogenated alkanes) is 8. The highest BCUT2D eigenvalue weighted by Crippen LogP contribution is 2.08. The van der Waals surface area contributed by atoms with E-state index in [-0.39, 0.29) is 0 Å². The molecule has 0 saturated carbocycles. The molecule has 0 radical (unpaired) electrons. The van der Waals surface area contributed by atoms with Crippen molar-refractivity contribution in [2.75, 3.05) is 6.54 Å². The lowest BCUT2D eigenvalue weighted by Gasteiger charge is -2.06. The number of aliphatic carboxylic acids is 1. The zero-order chi connectivity index (χ0) is 15.1. The van der Waals surface area contributed by atoms with Gasteiger partial charge in [-0.2, -0.15) is 0 Å². The van der Waals surface area contributed by atoms with Crippen molar-refractivity contribution >= 4 is 5.97 Å². The predicted molar refractivity (Wildman–Crippen MR) is 82.0 cm³/mol. The topological polar surface area (TPSA) is 44.6 Å². The van der Waals surface area contributed by atoms with Crippen molar-refractivity contribution in [2.45, 2.75) is 71.6 Å². The Morgan fingerprint density at radius 2 is 1.30 bits per heavy atom. The summed E-state index contributed by atoms with van der Waals surface area (Å²) in [5.74, 6) is -1.08. The second-order valence-electron chi connectivity index (χ2n) is 5.36. The molecule has 0 aromatic rings. The third-order valence-corrected chi connectivity index (χ3v) is 3.30. The van der Waals surface area contributed by atoms with Gasteiger partial charge in [0.15, 0.2) is 0 Å². The molecular formula is C17H31NO2. The molecule has 1 aliphatic rings. The summed E-state index contributed by atoms with van der Waals surface area (Å²) in [4.78, 5) is 10.4. The van der Waals surface area contributed by atoms with Crippen LogP contribution in [-0.2, 0) is 4.79 Å². The van der Waals surface area contributed by atoms with Crippen molar-refractivity contribution in [3.63, 3.8) is 0 Å². The quantitative estimate of drug-likeness (QED) is 0.624. The third-order valence-electron chi connectivity index (χ3n) is 3.30. The van der Waals surface area contributed by atoms with E-state index in [4.69, 9.17) is 9.90 Å². The second-order valence-corrected chi connectivity index (χ2v) is 5.36. The Kier molecular flexibility index (Phi) is 13.5. The highest BCUT2D eigenvalue weighted by molar-refractivity contribution is 5.60. The van der Waals surface area contributed by atoms with Crippen LogP contribution in [0.1, 0.15) is 71.6 Å². The fourth-order valence-corrected chi connectivity index (χ4v) is 2.22. The Hall–Kier alpha value is -1.09. The number of hydrogen-bond acceptors (Lipinski definition) is 2. The average Bonchev–Trinajstić information content (AvgIpc) is 2.89. The molecule has 1 heterocycles. The lowest BCUT2D eigenvalue weighted by molar-refractivity contribution is -0.787. The van der Waals surface area contributed by atoms with E-state index in [1.54, 1.807) is 0 Å². The van der Waals surface area contributed by atoms with Crippen LogP contribution in [0.5, 0.6) is 0 Å². The Morgan fingerprint density at radius 3 is 1.75 bits per heavy atom. The van der Waals surface area contributed by atoms with Gasteiger partial charge in [0, 0.05) is 5.97 Å². The monoisotopic (exact) mass is 281 g/mol. The largest absolute Gasteiger partial charge is 0.550 e. The van der Waals surface area contributed by atoms with Crippen LogP contribution in [0.25, 0.3) is 0 Å². The van der Waals surface area contributed by atoms with Crippen LogP contribution in [0.15, 0.2) is 24.6 Å². The summed E-state index contributed by atoms with van der Waals surface area (Å²) in [6, 6.07) is 0. The fourth-order valence-electron chi connectivity index (χ4n) is 2.22. The first-order valence-corrected chi connectivity index (χ1v) is 8.05. The Balaban J connectivity index is 0.000000796. The van der Waals surface area contributed by atoms with Crippen LogP contribution < -0.4 is 10.0 Å². The van der Waals surface area contributed by atoms with E-state index in [0.29, 0.717) is 0 Å². The van der Waals surface area contributed by atoms with Crippen molar-refractivity contribution in [1.82, 2.24) is 0 Å². The molecule has 1 aliphatic heterocycles. The van der Waals surface area contributed by atoms with E-state index in [0.717, 1.165) is 6.92 Å². The molecule has 3 nitrogen and oxygen atoms in total. The van der Waals surface area contributed by atoms with E-state index in [2.05, 4.69) is 31.5 Å². The number of hydrogen-bond donors (Lipinski definition) is 1. The lowest BCUT2D eigenvalue weighted by atomic mass is 10.1. The van der Waals surface area contributed by atoms with Crippen molar-refractivity contribution in [3.05, 3.63) is 24.6 Å². The second kappa shape index (κ2) is 14.3. The minimum atomic E-state index is -1.08. The first kappa shape index (κ1) is 18.9. The summed E-state index contributed by atoms with van der Waals surface area (Å²) in [7, 11) is 0. The number of nitrogens with one attached hydrogen (secondary N) is 1. The lowest BCUT2D eigenvalue weighted by Crippen LogP contribution is -3.01. The van der Waals surface area contributed by atoms with Gasteiger partial charge >= 0.3 is 0 Å². The van der Waals surface area contributed by atoms with Gasteiger partial charge in [0.25, 0.3) is 0 Å². The highest BCUT2D eigenvalue weighted by Gasteiger charge is 2.02. The molecule has 0 bridgehead atoms. The smallest absolute Gasteiger partial charge is 0.0990 e. The van der Waals surface area contributed by atoms with Crippen molar-refractivity contribution in [3.8, 4) is 0 Å². The standard InChI is InChI=1S/C15H27N.C2H4O2/c1-2-3-4-5-6-7-8-9-10-13-16-14-11-12-15-16;1-2(3)4/h11-12,14-15H,2-10,13H2,1H3;1H3,(H,3,4). The number of quaternary nitrogens is 1. The summed E-state index contributed by atoms with van der Waals surface area (Å²) in [5.41, 5.74) is 0. The average molecular weight is 281 g/mol. The molecule has 0 saturated heterocycles. The Morgan fingerprint density at radius 1 is 0.900 bits per heavy atom. The number of carbonyl (C=O) groups is 1. The van der Waals surface area contributed by atoms with Crippen molar-refractivity contribution in [1.29, 1.82) is 0 Å². The number of carboxylic acids is 1. The minimum absolute atomic E-state index is 0.972. The van der Waals surface area contributed by atoms with Gasteiger partial charge in [-0.25, -0.2) is 0 Å². The molecule has 0 aliphatic carbocycles. The summed E-state index contributed by atoms with van der Waals surface area (Å²) in [6.07, 6.45) is 21.6. The molecule has 1 rings (SSSR count). The van der Waals surface area contributed by atoms with Gasteiger partial charge in [-0.1, -0.05) is 51.9 Å². The third kappa shape index (κ3) is 15.0. The minimum Gasteiger partial charge on any atom is -0.550 e. The van der Waals surface area contributed by atoms with Crippen LogP contribution in [0.4, 0.5) is 0 Å². The normalized spacial score (nSPS) is 13.3. The SMILES string of the molecule is CC(=O)[O-].CCCCCCCCCCC[NH+]1C=CC=C1. The van der Waals surface area contributed by atoms with E-state index >= 15 is 0 Å². The number of allylic oxidation sites excluding steroid dienone is 2. The summed E-state index contributed by atoms with van der Waals surface area (Å²) < 4.78 is 0. The molecule has 0 aromatic carbocycles. The number of carbonyl (C=O) groups excluding carboxylic acids is 1. The van der Waals surface area contributed by atoms with Crippen LogP contribution in [0.3, 0.4) is 0 Å². The predicted octanol–water partition coefficient (Wildman–Crippen LogP) is 2.20. The molecule has 0 unspecified atom stereocenters. The zero-order valence-corrected chi connectivity index (χ0v) is 13.2. The molecule has 0 atom stereocenters. The van der Waals surface area contributed by atoms with Crippen LogP contribution in [0, 0.1) is 0 Å². The molecule has 20 heavy (non-hydrogen) atoms. The molecule has 3 heteroatoms. The molecule has 0 aromatic heterocycles. The molecule has 1 N–H and O–H groups in total. The zero-order valence-electron chi connectivity index (χ0n) is 13.2. The van der Waals surface area contributed by atoms with Gasteiger partial charge in [0.1, 0.15) is 0 Å². The summed E-state index contributed by atoms with van der Waals surface area (Å²) in [5, 5.41) is 8.89. The van der Waals surface area contributed by atoms with Crippen molar-refractivity contribution in [2.24, 2.45) is 0 Å². The number of carboxylic acid groups (broad SMARTS) is 1. The molecular weight excluding hydrogens is 250 g/mol. The van der Waals surface area contributed by atoms with E-state index in [1.165, 1.54) is 69.2 Å². The van der Waals surface area contributed by atoms with E-state index in [9.17, 15) is 0 Å². The maximum Gasteiger partial charge on any atom is 0.0990 e. The van der Waals surface area contributed by atoms with Gasteiger partial charge in [0.05, 0.1) is 18.9 Å². The van der Waals surface area contributed by atoms with Gasteiger partial charge in [-0.15, -0.1) is 0 Å². The molecule has 0 amide bonds. The fraction of sp³-hybridized carbons (Fsp3) is 0.706. The highest BCUT2D eigenvalue weighted by atomic mass is 16.4. The van der Waals surface area contributed by atoms with E-state index < -0.39 is 5.97 Å². The van der Waals surface area contributed by atoms with Gasteiger partial charge < -0.3 is 9.90 Å². The van der Waals surface area contributed by atoms with Crippen LogP contribution in [-0.4, -0.2) is 12.5 Å². The van der Waals surface area contributed by atoms with Gasteiger partial charge in [-0.3, -0.25) is 4.90 Å². The van der Waals surface area contributed by atoms with Crippen molar-refractivity contribution < 1.29 is 14.8 Å². The van der Waals surface area contributed by atoms with Gasteiger partial charge in [-0.05, 0) is 31.9 Å². The molecule has 0 spiro atoms. The molecule has 0 fully saturated rings. The van der Waals surface area contributed by atoms with Gasteiger partial charge in [0.2, 0.25) is 0 Å².